The quantitative estimate of drug-likeness (QED) is 0.837. The van der Waals surface area contributed by atoms with E-state index >= 15 is 0 Å². The van der Waals surface area contributed by atoms with Gasteiger partial charge in [-0.05, 0) is 19.9 Å². The van der Waals surface area contributed by atoms with Gasteiger partial charge in [0.1, 0.15) is 18.0 Å². The summed E-state index contributed by atoms with van der Waals surface area (Å²) < 4.78 is 1.90. The van der Waals surface area contributed by atoms with Crippen LogP contribution in [0.3, 0.4) is 0 Å². The molecule has 96 valence electrons. The first kappa shape index (κ1) is 12.3. The van der Waals surface area contributed by atoms with Crippen LogP contribution in [0.4, 0.5) is 11.6 Å². The zero-order valence-electron chi connectivity index (χ0n) is 10.9. The Morgan fingerprint density at radius 3 is 2.78 bits per heavy atom. The van der Waals surface area contributed by atoms with E-state index in [-0.39, 0.29) is 6.04 Å². The van der Waals surface area contributed by atoms with Gasteiger partial charge in [0.25, 0.3) is 0 Å². The van der Waals surface area contributed by atoms with Crippen LogP contribution in [0, 0.1) is 6.92 Å². The van der Waals surface area contributed by atoms with Gasteiger partial charge in [0.05, 0.1) is 6.54 Å². The molecule has 1 unspecified atom stereocenters. The highest BCUT2D eigenvalue weighted by Gasteiger charge is 2.09. The first-order chi connectivity index (χ1) is 8.70. The predicted octanol–water partition coefficient (Wildman–Crippen LogP) is 1.52. The summed E-state index contributed by atoms with van der Waals surface area (Å²) in [6, 6.07) is 2.16. The Balaban J connectivity index is 2.05. The first-order valence-electron chi connectivity index (χ1n) is 5.94. The van der Waals surface area contributed by atoms with Crippen molar-refractivity contribution in [2.24, 2.45) is 0 Å². The summed E-state index contributed by atoms with van der Waals surface area (Å²) in [5.41, 5.74) is 1.02. The van der Waals surface area contributed by atoms with E-state index in [1.807, 2.05) is 30.9 Å². The van der Waals surface area contributed by atoms with Gasteiger partial charge in [-0.1, -0.05) is 0 Å². The summed E-state index contributed by atoms with van der Waals surface area (Å²) in [7, 11) is 1.85. The monoisotopic (exact) mass is 246 g/mol. The van der Waals surface area contributed by atoms with Crippen molar-refractivity contribution < 1.29 is 0 Å². The predicted molar refractivity (Wildman–Crippen MR) is 71.6 cm³/mol. The van der Waals surface area contributed by atoms with Crippen molar-refractivity contribution in [3.63, 3.8) is 0 Å². The van der Waals surface area contributed by atoms with Gasteiger partial charge in [-0.15, -0.1) is 0 Å². The van der Waals surface area contributed by atoms with Crippen molar-refractivity contribution in [2.75, 3.05) is 17.7 Å². The minimum Gasteiger partial charge on any atom is -0.373 e. The summed E-state index contributed by atoms with van der Waals surface area (Å²) in [4.78, 5) is 8.42. The van der Waals surface area contributed by atoms with Gasteiger partial charge in [0.15, 0.2) is 0 Å². The van der Waals surface area contributed by atoms with E-state index in [9.17, 15) is 0 Å². The topological polar surface area (TPSA) is 67.7 Å². The van der Waals surface area contributed by atoms with Crippen LogP contribution < -0.4 is 10.6 Å². The van der Waals surface area contributed by atoms with Gasteiger partial charge in [-0.2, -0.15) is 5.10 Å². The van der Waals surface area contributed by atoms with Crippen LogP contribution in [0.25, 0.3) is 0 Å². The first-order valence-corrected chi connectivity index (χ1v) is 5.94. The highest BCUT2D eigenvalue weighted by atomic mass is 15.3. The highest BCUT2D eigenvalue weighted by Crippen LogP contribution is 2.18. The van der Waals surface area contributed by atoms with Crippen molar-refractivity contribution in [1.82, 2.24) is 19.7 Å². The Morgan fingerprint density at radius 1 is 1.33 bits per heavy atom. The molecule has 0 bridgehead atoms. The third-order valence-corrected chi connectivity index (χ3v) is 2.72. The van der Waals surface area contributed by atoms with Crippen LogP contribution in [-0.2, 0) is 6.54 Å². The summed E-state index contributed by atoms with van der Waals surface area (Å²) in [6.45, 7) is 4.89. The Bertz CT molecular complexity index is 493. The number of rotatable bonds is 5. The fraction of sp³-hybridized carbons (Fsp3) is 0.417. The summed E-state index contributed by atoms with van der Waals surface area (Å²) in [5.74, 6) is 1.70. The van der Waals surface area contributed by atoms with Crippen LogP contribution in [0.15, 0.2) is 24.8 Å². The second kappa shape index (κ2) is 5.48. The van der Waals surface area contributed by atoms with Gasteiger partial charge >= 0.3 is 0 Å². The molecule has 6 heteroatoms. The molecule has 2 N–H and O–H groups in total. The Labute approximate surface area is 106 Å². The second-order valence-electron chi connectivity index (χ2n) is 4.22. The lowest BCUT2D eigenvalue weighted by Crippen LogP contribution is -2.23. The summed E-state index contributed by atoms with van der Waals surface area (Å²) >= 11 is 0. The Morgan fingerprint density at radius 2 is 2.11 bits per heavy atom. The summed E-state index contributed by atoms with van der Waals surface area (Å²) in [5, 5.41) is 10.6. The molecule has 2 aromatic heterocycles. The lowest BCUT2D eigenvalue weighted by molar-refractivity contribution is 0.559. The maximum Gasteiger partial charge on any atom is 0.134 e. The van der Waals surface area contributed by atoms with Crippen molar-refractivity contribution in [3.8, 4) is 0 Å². The zero-order chi connectivity index (χ0) is 13.0. The number of nitrogens with one attached hydrogen (secondary N) is 2. The molecule has 18 heavy (non-hydrogen) atoms. The maximum absolute atomic E-state index is 4.26. The van der Waals surface area contributed by atoms with E-state index in [2.05, 4.69) is 32.6 Å². The molecule has 0 fully saturated rings. The third-order valence-electron chi connectivity index (χ3n) is 2.72. The molecule has 0 aliphatic heterocycles. The average molecular weight is 246 g/mol. The van der Waals surface area contributed by atoms with Crippen LogP contribution in [0.2, 0.25) is 0 Å². The Hall–Kier alpha value is -2.11. The maximum atomic E-state index is 4.26. The van der Waals surface area contributed by atoms with Crippen molar-refractivity contribution in [3.05, 3.63) is 30.4 Å². The molecule has 0 saturated heterocycles. The number of hydrogen-bond donors (Lipinski definition) is 2. The molecule has 1 atom stereocenters. The molecule has 2 aromatic rings. The van der Waals surface area contributed by atoms with Crippen LogP contribution in [-0.4, -0.2) is 32.8 Å². The molecule has 0 spiro atoms. The molecule has 0 amide bonds. The van der Waals surface area contributed by atoms with E-state index < -0.39 is 0 Å². The van der Waals surface area contributed by atoms with E-state index in [4.69, 9.17) is 0 Å². The van der Waals surface area contributed by atoms with Gasteiger partial charge in [0.2, 0.25) is 0 Å². The van der Waals surface area contributed by atoms with Crippen LogP contribution in [0.1, 0.15) is 12.5 Å². The molecular formula is C12H18N6. The Kier molecular flexibility index (Phi) is 3.76. The van der Waals surface area contributed by atoms with Crippen molar-refractivity contribution in [2.45, 2.75) is 26.4 Å². The molecule has 2 heterocycles. The minimum absolute atomic E-state index is 0.239. The van der Waals surface area contributed by atoms with Gasteiger partial charge < -0.3 is 10.6 Å². The van der Waals surface area contributed by atoms with Gasteiger partial charge in [-0.25, -0.2) is 9.97 Å². The number of anilines is 2. The SMILES string of the molecule is CNc1ncnc(NC(C)Cn2cccn2)c1C. The molecule has 0 aromatic carbocycles. The van der Waals surface area contributed by atoms with Crippen LogP contribution >= 0.6 is 0 Å². The van der Waals surface area contributed by atoms with Crippen molar-refractivity contribution in [1.29, 1.82) is 0 Å². The van der Waals surface area contributed by atoms with Crippen LogP contribution in [0.5, 0.6) is 0 Å². The zero-order valence-corrected chi connectivity index (χ0v) is 10.9. The lowest BCUT2D eigenvalue weighted by Gasteiger charge is -2.17. The molecule has 6 nitrogen and oxygen atoms in total. The largest absolute Gasteiger partial charge is 0.373 e. The lowest BCUT2D eigenvalue weighted by atomic mass is 10.2. The molecular weight excluding hydrogens is 228 g/mol. The summed E-state index contributed by atoms with van der Waals surface area (Å²) in [6.07, 6.45) is 5.29. The standard InChI is InChI=1S/C12H18N6/c1-9(7-18-6-4-5-16-18)17-12-10(2)11(13-3)14-8-15-12/h4-6,8-9H,7H2,1-3H3,(H2,13,14,15,17). The smallest absolute Gasteiger partial charge is 0.134 e. The van der Waals surface area contributed by atoms with E-state index in [0.29, 0.717) is 0 Å². The molecule has 0 saturated carbocycles. The van der Waals surface area contributed by atoms with Crippen molar-refractivity contribution >= 4 is 11.6 Å². The molecule has 2 rings (SSSR count). The van der Waals surface area contributed by atoms with E-state index in [1.165, 1.54) is 0 Å². The molecule has 0 aliphatic carbocycles. The van der Waals surface area contributed by atoms with Gasteiger partial charge in [-0.3, -0.25) is 4.68 Å². The fourth-order valence-electron chi connectivity index (χ4n) is 1.82. The highest BCUT2D eigenvalue weighted by molar-refractivity contribution is 5.56. The number of aromatic nitrogens is 4. The second-order valence-corrected chi connectivity index (χ2v) is 4.22. The average Bonchev–Trinajstić information content (AvgIpc) is 2.84. The third kappa shape index (κ3) is 2.77. The molecule has 0 radical (unpaired) electrons. The van der Waals surface area contributed by atoms with E-state index in [1.54, 1.807) is 12.5 Å². The van der Waals surface area contributed by atoms with E-state index in [0.717, 1.165) is 23.7 Å². The number of nitrogens with zero attached hydrogens (tertiary/aromatic N) is 4. The molecule has 0 aliphatic rings. The van der Waals surface area contributed by atoms with Gasteiger partial charge in [0, 0.05) is 31.0 Å². The normalized spacial score (nSPS) is 12.2. The number of hydrogen-bond acceptors (Lipinski definition) is 5. The minimum atomic E-state index is 0.239. The fourth-order valence-corrected chi connectivity index (χ4v) is 1.82.